The van der Waals surface area contributed by atoms with Gasteiger partial charge in [0.15, 0.2) is 0 Å². The van der Waals surface area contributed by atoms with E-state index in [0.29, 0.717) is 12.2 Å². The number of nitrogens with zero attached hydrogens (tertiary/aromatic N) is 1. The smallest absolute Gasteiger partial charge is 0.300 e. The number of likely N-dealkylation sites (N-methyl/N-ethyl adjacent to an activating group) is 1. The van der Waals surface area contributed by atoms with Crippen molar-refractivity contribution in [2.75, 3.05) is 20.3 Å². The lowest BCUT2D eigenvalue weighted by Crippen LogP contribution is -2.46. The van der Waals surface area contributed by atoms with E-state index in [2.05, 4.69) is 0 Å². The molecule has 0 radical (unpaired) electrons. The second-order valence-electron chi connectivity index (χ2n) is 4.67. The summed E-state index contributed by atoms with van der Waals surface area (Å²) in [4.78, 5) is 1.89. The van der Waals surface area contributed by atoms with Gasteiger partial charge in [0.25, 0.3) is 10.1 Å². The van der Waals surface area contributed by atoms with Crippen LogP contribution >= 0.6 is 11.8 Å². The number of benzene rings is 1. The minimum atomic E-state index is -3.88. The summed E-state index contributed by atoms with van der Waals surface area (Å²) in [6.07, 6.45) is 1.77. The first kappa shape index (κ1) is 16.4. The topological polar surface area (TPSA) is 55.8 Å². The Morgan fingerprint density at radius 1 is 1.33 bits per heavy atom. The number of ether oxygens (including phenoxy) is 1. The SMILES string of the molecule is CCOCC1(OS(=O)(=O)c2ccccc2C)SC=CN1C. The van der Waals surface area contributed by atoms with E-state index in [1.54, 1.807) is 54.7 Å². The van der Waals surface area contributed by atoms with Crippen molar-refractivity contribution in [2.24, 2.45) is 0 Å². The van der Waals surface area contributed by atoms with Gasteiger partial charge in [0.1, 0.15) is 6.61 Å². The molecule has 0 saturated heterocycles. The summed E-state index contributed by atoms with van der Waals surface area (Å²) in [6.45, 7) is 4.25. The fourth-order valence-electron chi connectivity index (χ4n) is 1.95. The van der Waals surface area contributed by atoms with Gasteiger partial charge >= 0.3 is 0 Å². The summed E-state index contributed by atoms with van der Waals surface area (Å²) < 4.78 is 36.1. The maximum absolute atomic E-state index is 12.6. The molecule has 1 aliphatic rings. The van der Waals surface area contributed by atoms with Crippen LogP contribution in [0.25, 0.3) is 0 Å². The van der Waals surface area contributed by atoms with E-state index in [-0.39, 0.29) is 11.5 Å². The van der Waals surface area contributed by atoms with Crippen LogP contribution in [0.5, 0.6) is 0 Å². The van der Waals surface area contributed by atoms with Crippen LogP contribution in [0.15, 0.2) is 40.8 Å². The third-order valence-electron chi connectivity index (χ3n) is 3.17. The highest BCUT2D eigenvalue weighted by Gasteiger charge is 2.43. The van der Waals surface area contributed by atoms with Gasteiger partial charge in [-0.25, -0.2) is 4.18 Å². The molecule has 0 aliphatic carbocycles. The number of hydrogen-bond donors (Lipinski definition) is 0. The van der Waals surface area contributed by atoms with Crippen LogP contribution in [-0.2, 0) is 19.0 Å². The van der Waals surface area contributed by atoms with Crippen LogP contribution in [0, 0.1) is 6.92 Å². The number of rotatable bonds is 6. The molecule has 1 aromatic carbocycles. The number of aryl methyl sites for hydroxylation is 1. The Bertz CT molecular complexity index is 630. The molecule has 0 bridgehead atoms. The van der Waals surface area contributed by atoms with Crippen LogP contribution in [0.2, 0.25) is 0 Å². The van der Waals surface area contributed by atoms with Crippen LogP contribution in [0.1, 0.15) is 12.5 Å². The van der Waals surface area contributed by atoms with Crippen LogP contribution in [0.3, 0.4) is 0 Å². The molecule has 0 amide bonds. The molecule has 0 aromatic heterocycles. The fourth-order valence-corrected chi connectivity index (χ4v) is 4.51. The Hall–Kier alpha value is -1.02. The van der Waals surface area contributed by atoms with E-state index in [4.69, 9.17) is 8.92 Å². The summed E-state index contributed by atoms with van der Waals surface area (Å²) in [5.41, 5.74) is 0.655. The number of thioether (sulfide) groups is 1. The Morgan fingerprint density at radius 3 is 2.62 bits per heavy atom. The molecule has 116 valence electrons. The summed E-state index contributed by atoms with van der Waals surface area (Å²) in [5, 5.41) is 0.712. The van der Waals surface area contributed by atoms with Gasteiger partial charge in [0.05, 0.1) is 4.90 Å². The highest BCUT2D eigenvalue weighted by molar-refractivity contribution is 8.04. The zero-order valence-electron chi connectivity index (χ0n) is 12.3. The van der Waals surface area contributed by atoms with Gasteiger partial charge < -0.3 is 9.64 Å². The lowest BCUT2D eigenvalue weighted by Gasteiger charge is -2.34. The molecule has 0 spiro atoms. The molecule has 21 heavy (non-hydrogen) atoms. The van der Waals surface area contributed by atoms with Gasteiger partial charge in [0.2, 0.25) is 5.06 Å². The van der Waals surface area contributed by atoms with Crippen molar-refractivity contribution in [3.05, 3.63) is 41.4 Å². The Labute approximate surface area is 130 Å². The van der Waals surface area contributed by atoms with E-state index in [1.165, 1.54) is 11.8 Å². The second kappa shape index (κ2) is 6.39. The Kier molecular flexibility index (Phi) is 4.98. The highest BCUT2D eigenvalue weighted by Crippen LogP contribution is 2.39. The van der Waals surface area contributed by atoms with Crippen molar-refractivity contribution in [1.29, 1.82) is 0 Å². The molecular formula is C14H19NO4S2. The third-order valence-corrected chi connectivity index (χ3v) is 5.88. The van der Waals surface area contributed by atoms with Gasteiger partial charge in [-0.3, -0.25) is 0 Å². The Balaban J connectivity index is 2.30. The lowest BCUT2D eigenvalue weighted by atomic mass is 10.2. The summed E-state index contributed by atoms with van der Waals surface area (Å²) in [7, 11) is -2.11. The van der Waals surface area contributed by atoms with Crippen molar-refractivity contribution in [2.45, 2.75) is 23.8 Å². The molecule has 1 aliphatic heterocycles. The molecule has 0 fully saturated rings. The largest absolute Gasteiger partial charge is 0.376 e. The Morgan fingerprint density at radius 2 is 2.05 bits per heavy atom. The van der Waals surface area contributed by atoms with Crippen molar-refractivity contribution in [3.63, 3.8) is 0 Å². The predicted molar refractivity (Wildman–Crippen MR) is 83.2 cm³/mol. The first-order valence-corrected chi connectivity index (χ1v) is 8.86. The maximum Gasteiger partial charge on any atom is 0.300 e. The van der Waals surface area contributed by atoms with E-state index in [0.717, 1.165) is 0 Å². The summed E-state index contributed by atoms with van der Waals surface area (Å²) in [6, 6.07) is 6.77. The molecule has 5 nitrogen and oxygen atoms in total. The quantitative estimate of drug-likeness (QED) is 0.748. The highest BCUT2D eigenvalue weighted by atomic mass is 32.2. The second-order valence-corrected chi connectivity index (χ2v) is 7.33. The van der Waals surface area contributed by atoms with Crippen molar-refractivity contribution >= 4 is 21.9 Å². The van der Waals surface area contributed by atoms with Gasteiger partial charge in [-0.1, -0.05) is 30.0 Å². The van der Waals surface area contributed by atoms with Crippen LogP contribution in [-0.4, -0.2) is 38.6 Å². The minimum Gasteiger partial charge on any atom is -0.376 e. The average molecular weight is 329 g/mol. The molecule has 0 N–H and O–H groups in total. The zero-order valence-corrected chi connectivity index (χ0v) is 13.9. The minimum absolute atomic E-state index is 0.156. The van der Waals surface area contributed by atoms with E-state index >= 15 is 0 Å². The van der Waals surface area contributed by atoms with Crippen molar-refractivity contribution in [3.8, 4) is 0 Å². The normalized spacial score (nSPS) is 22.0. The van der Waals surface area contributed by atoms with Crippen LogP contribution < -0.4 is 0 Å². The van der Waals surface area contributed by atoms with Crippen molar-refractivity contribution in [1.82, 2.24) is 4.90 Å². The first-order valence-electron chi connectivity index (χ1n) is 6.58. The molecule has 1 unspecified atom stereocenters. The molecule has 1 atom stereocenters. The van der Waals surface area contributed by atoms with Gasteiger partial charge in [-0.15, -0.1) is 0 Å². The molecule has 0 saturated carbocycles. The average Bonchev–Trinajstić information content (AvgIpc) is 2.77. The van der Waals surface area contributed by atoms with E-state index in [1.807, 2.05) is 6.92 Å². The molecule has 2 rings (SSSR count). The monoisotopic (exact) mass is 329 g/mol. The molecule has 1 heterocycles. The maximum atomic E-state index is 12.6. The molecular weight excluding hydrogens is 310 g/mol. The predicted octanol–water partition coefficient (Wildman–Crippen LogP) is 2.54. The van der Waals surface area contributed by atoms with Crippen LogP contribution in [0.4, 0.5) is 0 Å². The fraction of sp³-hybridized carbons (Fsp3) is 0.429. The molecule has 1 aromatic rings. The first-order chi connectivity index (χ1) is 9.91. The number of hydrogen-bond acceptors (Lipinski definition) is 6. The zero-order chi connectivity index (χ0) is 15.5. The van der Waals surface area contributed by atoms with Crippen molar-refractivity contribution < 1.29 is 17.3 Å². The third kappa shape index (κ3) is 3.42. The van der Waals surface area contributed by atoms with Gasteiger partial charge in [-0.2, -0.15) is 8.42 Å². The van der Waals surface area contributed by atoms with Gasteiger partial charge in [0, 0.05) is 19.9 Å². The summed E-state index contributed by atoms with van der Waals surface area (Å²) >= 11 is 1.28. The van der Waals surface area contributed by atoms with Gasteiger partial charge in [-0.05, 0) is 30.9 Å². The van der Waals surface area contributed by atoms with E-state index < -0.39 is 15.2 Å². The summed E-state index contributed by atoms with van der Waals surface area (Å²) in [5.74, 6) is 0. The standard InChI is InChI=1S/C14H19NO4S2/c1-4-18-11-14(15(3)9-10-20-14)19-21(16,17)13-8-6-5-7-12(13)2/h5-10H,4,11H2,1-3H3. The lowest BCUT2D eigenvalue weighted by molar-refractivity contribution is -0.0273. The van der Waals surface area contributed by atoms with E-state index in [9.17, 15) is 8.42 Å². The molecule has 7 heteroatoms.